The van der Waals surface area contributed by atoms with Crippen molar-refractivity contribution in [2.24, 2.45) is 0 Å². The highest BCUT2D eigenvalue weighted by atomic mass is 16.5. The van der Waals surface area contributed by atoms with Crippen molar-refractivity contribution in [3.05, 3.63) is 41.6 Å². The number of hydrogen-bond acceptors (Lipinski definition) is 6. The van der Waals surface area contributed by atoms with Gasteiger partial charge < -0.3 is 20.4 Å². The second-order valence-electron chi connectivity index (χ2n) is 6.34. The van der Waals surface area contributed by atoms with Crippen LogP contribution >= 0.6 is 0 Å². The minimum absolute atomic E-state index is 0.229. The van der Waals surface area contributed by atoms with Crippen molar-refractivity contribution in [3.63, 3.8) is 0 Å². The quantitative estimate of drug-likeness (QED) is 0.464. The van der Waals surface area contributed by atoms with E-state index in [2.05, 4.69) is 35.8 Å². The minimum atomic E-state index is -0.310. The molecular weight excluding hydrogens is 362 g/mol. The van der Waals surface area contributed by atoms with Gasteiger partial charge in [0.05, 0.1) is 41.5 Å². The summed E-state index contributed by atoms with van der Waals surface area (Å²) in [7, 11) is 0. The average molecular weight is 377 g/mol. The lowest BCUT2D eigenvalue weighted by Crippen LogP contribution is -2.25. The molecule has 3 aromatic rings. The summed E-state index contributed by atoms with van der Waals surface area (Å²) in [6.45, 7) is 0.822. The number of hydrogen-bond donors (Lipinski definition) is 4. The number of fused-ring (bicyclic) bond motifs is 4. The summed E-state index contributed by atoms with van der Waals surface area (Å²) in [5, 5.41) is 12.4. The molecule has 2 aliphatic heterocycles. The molecule has 0 atom stereocenters. The van der Waals surface area contributed by atoms with Crippen LogP contribution in [-0.2, 0) is 4.79 Å². The van der Waals surface area contributed by atoms with Gasteiger partial charge in [-0.15, -0.1) is 0 Å². The Morgan fingerprint density at radius 3 is 2.96 bits per heavy atom. The van der Waals surface area contributed by atoms with E-state index in [0.29, 0.717) is 65.1 Å². The van der Waals surface area contributed by atoms with Crippen LogP contribution in [0.2, 0.25) is 0 Å². The summed E-state index contributed by atoms with van der Waals surface area (Å²) in [6, 6.07) is 1.67. The smallest absolute Gasteiger partial charge is 0.258 e. The van der Waals surface area contributed by atoms with E-state index in [-0.39, 0.29) is 11.8 Å². The SMILES string of the molecule is O=C1Nc2cnc3nc2/C1=C/c1[nH]ccc1C(=O)NCCCOc1[nH]ncc1-3. The highest BCUT2D eigenvalue weighted by molar-refractivity contribution is 6.34. The first-order chi connectivity index (χ1) is 13.7. The van der Waals surface area contributed by atoms with Crippen molar-refractivity contribution < 1.29 is 14.3 Å². The lowest BCUT2D eigenvalue weighted by atomic mass is 10.1. The van der Waals surface area contributed by atoms with Crippen molar-refractivity contribution >= 4 is 29.2 Å². The van der Waals surface area contributed by atoms with Gasteiger partial charge in [0.1, 0.15) is 11.3 Å². The molecule has 2 bridgehead atoms. The molecule has 2 aliphatic rings. The largest absolute Gasteiger partial charge is 0.477 e. The molecule has 4 N–H and O–H groups in total. The third kappa shape index (κ3) is 2.62. The number of anilines is 1. The van der Waals surface area contributed by atoms with Crippen LogP contribution in [0.1, 0.15) is 28.2 Å². The van der Waals surface area contributed by atoms with Gasteiger partial charge in [-0.05, 0) is 18.6 Å². The van der Waals surface area contributed by atoms with E-state index in [1.807, 2.05) is 0 Å². The number of rotatable bonds is 0. The van der Waals surface area contributed by atoms with Crippen molar-refractivity contribution in [3.8, 4) is 17.3 Å². The first-order valence-electron chi connectivity index (χ1n) is 8.73. The van der Waals surface area contributed by atoms with Gasteiger partial charge in [-0.25, -0.2) is 15.1 Å². The number of nitrogens with zero attached hydrogens (tertiary/aromatic N) is 3. The fourth-order valence-corrected chi connectivity index (χ4v) is 3.17. The Morgan fingerprint density at radius 2 is 2.04 bits per heavy atom. The van der Waals surface area contributed by atoms with Crippen molar-refractivity contribution in [2.75, 3.05) is 18.5 Å². The molecule has 0 aliphatic carbocycles. The number of nitrogens with one attached hydrogen (secondary N) is 4. The van der Waals surface area contributed by atoms with Gasteiger partial charge in [-0.1, -0.05) is 0 Å². The van der Waals surface area contributed by atoms with Crippen LogP contribution in [0.4, 0.5) is 5.69 Å². The molecular formula is C18H15N7O3. The lowest BCUT2D eigenvalue weighted by Gasteiger charge is -2.07. The van der Waals surface area contributed by atoms with Gasteiger partial charge in [0.2, 0.25) is 5.88 Å². The van der Waals surface area contributed by atoms with Gasteiger partial charge >= 0.3 is 0 Å². The van der Waals surface area contributed by atoms with Crippen LogP contribution in [0.25, 0.3) is 23.0 Å². The standard InChI is InChI=1S/C18H15N7O3/c26-16-9-2-4-19-12(9)6-10-14-13(23-17(10)27)8-21-15(24-14)11-7-22-25-18(11)28-5-1-3-20-16/h2,4,6-8,19H,1,3,5H2,(H,20,26)(H,22,25)(H,23,27)/b10-6-. The first kappa shape index (κ1) is 16.2. The molecule has 5 rings (SSSR count). The van der Waals surface area contributed by atoms with Crippen LogP contribution < -0.4 is 15.4 Å². The van der Waals surface area contributed by atoms with Gasteiger partial charge in [0.25, 0.3) is 11.8 Å². The van der Waals surface area contributed by atoms with Gasteiger partial charge in [0, 0.05) is 12.7 Å². The molecule has 2 amide bonds. The van der Waals surface area contributed by atoms with Gasteiger partial charge in [-0.2, -0.15) is 5.10 Å². The Morgan fingerprint density at radius 1 is 1.11 bits per heavy atom. The van der Waals surface area contributed by atoms with Crippen LogP contribution in [0.5, 0.6) is 5.88 Å². The molecule has 0 spiro atoms. The average Bonchev–Trinajstić information content (AvgIpc) is 3.40. The van der Waals surface area contributed by atoms with Crippen LogP contribution in [0, 0.1) is 0 Å². The van der Waals surface area contributed by atoms with Crippen molar-refractivity contribution in [1.29, 1.82) is 0 Å². The van der Waals surface area contributed by atoms with Crippen LogP contribution in [0.3, 0.4) is 0 Å². The molecule has 10 nitrogen and oxygen atoms in total. The number of carbonyl (C=O) groups excluding carboxylic acids is 2. The number of amides is 2. The van der Waals surface area contributed by atoms with E-state index in [0.717, 1.165) is 0 Å². The van der Waals surface area contributed by atoms with Crippen LogP contribution in [-0.4, -0.2) is 50.1 Å². The Hall–Kier alpha value is -3.95. The molecule has 140 valence electrons. The molecule has 3 aromatic heterocycles. The van der Waals surface area contributed by atoms with E-state index in [4.69, 9.17) is 4.74 Å². The first-order valence-corrected chi connectivity index (χ1v) is 8.73. The third-order valence-electron chi connectivity index (χ3n) is 4.55. The molecule has 0 fully saturated rings. The van der Waals surface area contributed by atoms with E-state index >= 15 is 0 Å². The van der Waals surface area contributed by atoms with E-state index in [9.17, 15) is 9.59 Å². The van der Waals surface area contributed by atoms with E-state index < -0.39 is 0 Å². The Bertz CT molecular complexity index is 1130. The molecule has 0 unspecified atom stereocenters. The summed E-state index contributed by atoms with van der Waals surface area (Å²) in [5.74, 6) is 0.289. The Labute approximate surface area is 158 Å². The zero-order chi connectivity index (χ0) is 19.1. The highest BCUT2D eigenvalue weighted by Crippen LogP contribution is 2.34. The molecule has 0 radical (unpaired) electrons. The molecule has 0 aromatic carbocycles. The Kier molecular flexibility index (Phi) is 3.68. The maximum absolute atomic E-state index is 12.5. The summed E-state index contributed by atoms with van der Waals surface area (Å²) in [4.78, 5) is 36.9. The maximum atomic E-state index is 12.5. The highest BCUT2D eigenvalue weighted by Gasteiger charge is 2.28. The fourth-order valence-electron chi connectivity index (χ4n) is 3.17. The summed E-state index contributed by atoms with van der Waals surface area (Å²) < 4.78 is 5.73. The second-order valence-corrected chi connectivity index (χ2v) is 6.34. The summed E-state index contributed by atoms with van der Waals surface area (Å²) in [5.41, 5.74) is 2.89. The van der Waals surface area contributed by atoms with Gasteiger partial charge in [0.15, 0.2) is 5.82 Å². The molecule has 0 saturated heterocycles. The van der Waals surface area contributed by atoms with E-state index in [1.54, 1.807) is 30.7 Å². The summed E-state index contributed by atoms with van der Waals surface area (Å²) >= 11 is 0. The number of ether oxygens (including phenoxy) is 1. The number of carbonyl (C=O) groups is 2. The maximum Gasteiger partial charge on any atom is 0.258 e. The minimum Gasteiger partial charge on any atom is -0.477 e. The molecule has 28 heavy (non-hydrogen) atoms. The molecule has 5 heterocycles. The van der Waals surface area contributed by atoms with Crippen LogP contribution in [0.15, 0.2) is 24.7 Å². The van der Waals surface area contributed by atoms with Gasteiger partial charge in [-0.3, -0.25) is 9.59 Å². The normalized spacial score (nSPS) is 17.8. The number of aromatic nitrogens is 5. The van der Waals surface area contributed by atoms with Crippen molar-refractivity contribution in [1.82, 2.24) is 30.5 Å². The second kappa shape index (κ2) is 6.34. The molecule has 10 heteroatoms. The summed E-state index contributed by atoms with van der Waals surface area (Å²) in [6.07, 6.45) is 7.02. The predicted octanol–water partition coefficient (Wildman–Crippen LogP) is 1.20. The monoisotopic (exact) mass is 377 g/mol. The van der Waals surface area contributed by atoms with E-state index in [1.165, 1.54) is 0 Å². The zero-order valence-electron chi connectivity index (χ0n) is 14.6. The van der Waals surface area contributed by atoms with Crippen molar-refractivity contribution in [2.45, 2.75) is 6.42 Å². The third-order valence-corrected chi connectivity index (χ3v) is 4.55. The zero-order valence-corrected chi connectivity index (χ0v) is 14.6. The number of H-pyrrole nitrogens is 2. The molecule has 0 saturated carbocycles. The Balaban J connectivity index is 1.68. The lowest BCUT2D eigenvalue weighted by molar-refractivity contribution is -0.110. The number of aromatic amines is 2. The predicted molar refractivity (Wildman–Crippen MR) is 99.4 cm³/mol. The topological polar surface area (TPSA) is 138 Å². The fraction of sp³-hybridized carbons (Fsp3) is 0.167.